The highest BCUT2D eigenvalue weighted by Crippen LogP contribution is 2.06. The van der Waals surface area contributed by atoms with Crippen LogP contribution in [0.15, 0.2) is 0 Å². The molecule has 0 aromatic rings. The van der Waals surface area contributed by atoms with E-state index in [2.05, 4.69) is 5.32 Å². The normalized spacial score (nSPS) is 26.6. The van der Waals surface area contributed by atoms with Crippen molar-refractivity contribution in [3.05, 3.63) is 0 Å². The van der Waals surface area contributed by atoms with Crippen LogP contribution in [0, 0.1) is 0 Å². The van der Waals surface area contributed by atoms with Crippen molar-refractivity contribution in [1.29, 1.82) is 0 Å². The fourth-order valence-electron chi connectivity index (χ4n) is 0.991. The number of rotatable bonds is 2. The van der Waals surface area contributed by atoms with E-state index in [1.165, 1.54) is 0 Å². The van der Waals surface area contributed by atoms with E-state index < -0.39 is 0 Å². The first-order valence-corrected chi connectivity index (χ1v) is 3.15. The van der Waals surface area contributed by atoms with Gasteiger partial charge in [0.05, 0.1) is 6.04 Å². The molecular formula is C6H10NO2. The zero-order valence-electron chi connectivity index (χ0n) is 5.21. The molecule has 3 nitrogen and oxygen atoms in total. The van der Waals surface area contributed by atoms with E-state index in [0.29, 0.717) is 0 Å². The molecule has 1 atom stereocenters. The zero-order valence-corrected chi connectivity index (χ0v) is 5.21. The Balaban J connectivity index is 2.32. The standard InChI is InChI=1S/C6H10NO2/c8-4-6(9)5-2-1-3-7-5/h5,8H,1-4H2. The van der Waals surface area contributed by atoms with Crippen molar-refractivity contribution in [2.45, 2.75) is 18.9 Å². The minimum Gasteiger partial charge on any atom is -0.389 e. The van der Waals surface area contributed by atoms with Crippen molar-refractivity contribution in [3.8, 4) is 0 Å². The highest BCUT2D eigenvalue weighted by Gasteiger charge is 2.21. The van der Waals surface area contributed by atoms with Gasteiger partial charge < -0.3 is 5.11 Å². The van der Waals surface area contributed by atoms with Gasteiger partial charge in [-0.15, -0.1) is 0 Å². The monoisotopic (exact) mass is 128 g/mol. The van der Waals surface area contributed by atoms with Gasteiger partial charge in [-0.3, -0.25) is 4.79 Å². The van der Waals surface area contributed by atoms with Crippen molar-refractivity contribution < 1.29 is 9.90 Å². The lowest BCUT2D eigenvalue weighted by molar-refractivity contribution is -0.123. The van der Waals surface area contributed by atoms with Gasteiger partial charge in [0.15, 0.2) is 5.78 Å². The number of ketones is 1. The van der Waals surface area contributed by atoms with Gasteiger partial charge >= 0.3 is 0 Å². The molecule has 1 radical (unpaired) electrons. The molecule has 0 aromatic heterocycles. The largest absolute Gasteiger partial charge is 0.389 e. The first kappa shape index (κ1) is 6.71. The third-order valence-electron chi connectivity index (χ3n) is 1.51. The lowest BCUT2D eigenvalue weighted by Crippen LogP contribution is -2.27. The molecule has 1 heterocycles. The quantitative estimate of drug-likeness (QED) is 0.535. The van der Waals surface area contributed by atoms with Crippen LogP contribution in [-0.2, 0) is 4.79 Å². The predicted octanol–water partition coefficient (Wildman–Crippen LogP) is -0.685. The summed E-state index contributed by atoms with van der Waals surface area (Å²) < 4.78 is 0. The van der Waals surface area contributed by atoms with E-state index in [0.717, 1.165) is 19.4 Å². The summed E-state index contributed by atoms with van der Waals surface area (Å²) in [5.41, 5.74) is 0. The van der Waals surface area contributed by atoms with Crippen LogP contribution in [0.3, 0.4) is 0 Å². The summed E-state index contributed by atoms with van der Waals surface area (Å²) in [5.74, 6) is -0.132. The second-order valence-corrected chi connectivity index (χ2v) is 2.19. The van der Waals surface area contributed by atoms with Crippen LogP contribution in [0.1, 0.15) is 12.8 Å². The molecule has 1 N–H and O–H groups in total. The smallest absolute Gasteiger partial charge is 0.176 e. The van der Waals surface area contributed by atoms with Gasteiger partial charge in [0, 0.05) is 6.54 Å². The van der Waals surface area contributed by atoms with Crippen LogP contribution in [0.5, 0.6) is 0 Å². The third-order valence-corrected chi connectivity index (χ3v) is 1.51. The summed E-state index contributed by atoms with van der Waals surface area (Å²) in [7, 11) is 0. The van der Waals surface area contributed by atoms with Gasteiger partial charge in [-0.2, -0.15) is 0 Å². The topological polar surface area (TPSA) is 51.4 Å². The number of carbonyl (C=O) groups is 1. The van der Waals surface area contributed by atoms with Gasteiger partial charge in [0.25, 0.3) is 0 Å². The maximum atomic E-state index is 10.7. The van der Waals surface area contributed by atoms with Crippen LogP contribution in [0.4, 0.5) is 0 Å². The van der Waals surface area contributed by atoms with E-state index in [4.69, 9.17) is 5.11 Å². The summed E-state index contributed by atoms with van der Waals surface area (Å²) in [6.45, 7) is 0.435. The Morgan fingerprint density at radius 1 is 1.78 bits per heavy atom. The molecule has 1 saturated heterocycles. The van der Waals surface area contributed by atoms with Crippen LogP contribution in [0.2, 0.25) is 0 Å². The lowest BCUT2D eigenvalue weighted by atomic mass is 10.1. The molecule has 0 bridgehead atoms. The highest BCUT2D eigenvalue weighted by atomic mass is 16.3. The molecule has 1 fully saturated rings. The van der Waals surface area contributed by atoms with Gasteiger partial charge in [-0.1, -0.05) is 0 Å². The fraction of sp³-hybridized carbons (Fsp3) is 0.833. The van der Waals surface area contributed by atoms with Gasteiger partial charge in [-0.05, 0) is 12.8 Å². The minimum absolute atomic E-state index is 0.132. The molecule has 51 valence electrons. The van der Waals surface area contributed by atoms with Gasteiger partial charge in [0.1, 0.15) is 6.61 Å². The Bertz CT molecular complexity index is 108. The molecule has 1 aliphatic heterocycles. The van der Waals surface area contributed by atoms with Crippen molar-refractivity contribution >= 4 is 5.78 Å². The number of hydrogen-bond acceptors (Lipinski definition) is 2. The average molecular weight is 128 g/mol. The summed E-state index contributed by atoms with van der Waals surface area (Å²) in [6.07, 6.45) is 1.83. The highest BCUT2D eigenvalue weighted by molar-refractivity contribution is 5.85. The maximum Gasteiger partial charge on any atom is 0.176 e. The number of nitrogens with zero attached hydrogens (tertiary/aromatic N) is 1. The van der Waals surface area contributed by atoms with E-state index in [9.17, 15) is 4.79 Å². The Hall–Kier alpha value is -0.410. The zero-order chi connectivity index (χ0) is 6.69. The summed E-state index contributed by atoms with van der Waals surface area (Å²) in [5, 5.41) is 12.4. The van der Waals surface area contributed by atoms with E-state index in [1.54, 1.807) is 0 Å². The predicted molar refractivity (Wildman–Crippen MR) is 32.1 cm³/mol. The van der Waals surface area contributed by atoms with Gasteiger partial charge in [0.2, 0.25) is 0 Å². The fourth-order valence-corrected chi connectivity index (χ4v) is 0.991. The number of Topliss-reactive ketones (excluding diaryl/α,β-unsaturated/α-hetero) is 1. The second kappa shape index (κ2) is 2.94. The molecule has 0 saturated carbocycles. The Morgan fingerprint density at radius 3 is 3.00 bits per heavy atom. The SMILES string of the molecule is O=C(CO)C1CCC[N]1. The number of aliphatic hydroxyl groups is 1. The summed E-state index contributed by atoms with van der Waals surface area (Å²) >= 11 is 0. The van der Waals surface area contributed by atoms with Crippen molar-refractivity contribution in [1.82, 2.24) is 5.32 Å². The molecule has 1 unspecified atom stereocenters. The maximum absolute atomic E-state index is 10.7. The summed E-state index contributed by atoms with van der Waals surface area (Å²) in [6, 6.07) is -0.185. The van der Waals surface area contributed by atoms with Gasteiger partial charge in [-0.25, -0.2) is 5.32 Å². The molecule has 1 aliphatic rings. The molecule has 1 rings (SSSR count). The van der Waals surface area contributed by atoms with Crippen LogP contribution in [-0.4, -0.2) is 30.1 Å². The summed E-state index contributed by atoms with van der Waals surface area (Å²) in [4.78, 5) is 10.7. The van der Waals surface area contributed by atoms with Crippen LogP contribution >= 0.6 is 0 Å². The third kappa shape index (κ3) is 1.50. The molecule has 3 heteroatoms. The minimum atomic E-state index is -0.353. The van der Waals surface area contributed by atoms with Crippen LogP contribution in [0.25, 0.3) is 0 Å². The molecule has 0 aromatic carbocycles. The molecule has 0 amide bonds. The van der Waals surface area contributed by atoms with E-state index >= 15 is 0 Å². The second-order valence-electron chi connectivity index (χ2n) is 2.19. The number of aliphatic hydroxyl groups excluding tert-OH is 1. The van der Waals surface area contributed by atoms with Crippen molar-refractivity contribution in [3.63, 3.8) is 0 Å². The first-order valence-electron chi connectivity index (χ1n) is 3.15. The average Bonchev–Trinajstić information content (AvgIpc) is 2.37. The Morgan fingerprint density at radius 2 is 2.56 bits per heavy atom. The Kier molecular flexibility index (Phi) is 2.19. The van der Waals surface area contributed by atoms with Crippen molar-refractivity contribution in [2.75, 3.05) is 13.2 Å². The van der Waals surface area contributed by atoms with E-state index in [-0.39, 0.29) is 18.4 Å². The number of carbonyl (C=O) groups excluding carboxylic acids is 1. The Labute approximate surface area is 54.1 Å². The van der Waals surface area contributed by atoms with Crippen LogP contribution < -0.4 is 5.32 Å². The number of hydrogen-bond donors (Lipinski definition) is 1. The molecule has 0 spiro atoms. The molecular weight excluding hydrogens is 118 g/mol. The lowest BCUT2D eigenvalue weighted by Gasteiger charge is -2.02. The first-order chi connectivity index (χ1) is 4.34. The van der Waals surface area contributed by atoms with Crippen molar-refractivity contribution in [2.24, 2.45) is 0 Å². The molecule has 0 aliphatic carbocycles. The molecule has 9 heavy (non-hydrogen) atoms. The van der Waals surface area contributed by atoms with E-state index in [1.807, 2.05) is 0 Å².